The van der Waals surface area contributed by atoms with Crippen LogP contribution < -0.4 is 5.32 Å². The molecule has 0 amide bonds. The molecular formula is C38H55F6NO10. The van der Waals surface area contributed by atoms with Crippen LogP contribution in [-0.4, -0.2) is 85.6 Å². The molecule has 10 rings (SSSR count). The highest BCUT2D eigenvalue weighted by Gasteiger charge is 2.81. The van der Waals surface area contributed by atoms with Gasteiger partial charge in [-0.15, -0.1) is 6.58 Å². The highest BCUT2D eigenvalue weighted by atomic mass is 19.4. The SMILES string of the molecule is C=C[C@@]12CC[C@@]3(C)OO[C@]14[C@@H](O3)O[C@@](OCCNCCO[C@@]1(C(F)(F)F)O[C@@H]3O[C@@]5(C)CC[C@H]6[C@H](C)CC[C@@H]([C@H]1C)[C@@]36OO5)(C(F)(F)F)[C@H](C)[C@@H]4CC[C@H]2C. The lowest BCUT2D eigenvalue weighted by Crippen LogP contribution is -2.78. The third kappa shape index (κ3) is 5.49. The van der Waals surface area contributed by atoms with Crippen LogP contribution in [0, 0.1) is 46.8 Å². The molecule has 1 N–H and O–H groups in total. The van der Waals surface area contributed by atoms with Gasteiger partial charge in [0.1, 0.15) is 0 Å². The first kappa shape index (κ1) is 40.7. The van der Waals surface area contributed by atoms with Gasteiger partial charge in [-0.1, -0.05) is 33.8 Å². The molecule has 2 aliphatic carbocycles. The Hall–Kier alpha value is -1.12. The second-order valence-electron chi connectivity index (χ2n) is 17.9. The topological polar surface area (TPSA) is 104 Å². The minimum atomic E-state index is -4.99. The quantitative estimate of drug-likeness (QED) is 0.109. The van der Waals surface area contributed by atoms with E-state index in [4.69, 9.17) is 48.0 Å². The summed E-state index contributed by atoms with van der Waals surface area (Å²) in [5.41, 5.74) is -3.40. The first-order valence-corrected chi connectivity index (χ1v) is 19.9. The van der Waals surface area contributed by atoms with Gasteiger partial charge in [-0.05, 0) is 70.1 Å². The number of halogens is 6. The van der Waals surface area contributed by atoms with E-state index in [0.717, 1.165) is 0 Å². The fourth-order valence-electron chi connectivity index (χ4n) is 12.1. The van der Waals surface area contributed by atoms with Crippen LogP contribution in [0.2, 0.25) is 0 Å². The molecule has 10 aliphatic rings. The Kier molecular flexibility index (Phi) is 9.75. The van der Waals surface area contributed by atoms with Gasteiger partial charge >= 0.3 is 12.4 Å². The van der Waals surface area contributed by atoms with Gasteiger partial charge in [-0.3, -0.25) is 0 Å². The monoisotopic (exact) mass is 799 g/mol. The molecule has 0 aromatic heterocycles. The Balaban J connectivity index is 0.954. The summed E-state index contributed by atoms with van der Waals surface area (Å²) in [6.45, 7) is 13.1. The van der Waals surface area contributed by atoms with E-state index in [0.29, 0.717) is 51.4 Å². The van der Waals surface area contributed by atoms with Gasteiger partial charge in [0.2, 0.25) is 11.6 Å². The van der Waals surface area contributed by atoms with Crippen molar-refractivity contribution in [1.29, 1.82) is 0 Å². The molecule has 0 aromatic rings. The predicted octanol–water partition coefficient (Wildman–Crippen LogP) is 7.45. The highest BCUT2D eigenvalue weighted by molar-refractivity contribution is 5.23. The summed E-state index contributed by atoms with van der Waals surface area (Å²) in [7, 11) is 0. The molecule has 17 heteroatoms. The van der Waals surface area contributed by atoms with Gasteiger partial charge in [0.15, 0.2) is 23.8 Å². The van der Waals surface area contributed by atoms with Crippen molar-refractivity contribution in [3.8, 4) is 0 Å². The van der Waals surface area contributed by atoms with E-state index in [1.165, 1.54) is 13.8 Å². The van der Waals surface area contributed by atoms with Gasteiger partial charge in [0.25, 0.3) is 11.6 Å². The smallest absolute Gasteiger partial charge is 0.341 e. The van der Waals surface area contributed by atoms with E-state index in [2.05, 4.69) is 18.8 Å². The summed E-state index contributed by atoms with van der Waals surface area (Å²) in [6, 6.07) is 0. The lowest BCUT2D eigenvalue weighted by atomic mass is 9.49. The van der Waals surface area contributed by atoms with Gasteiger partial charge in [0, 0.05) is 55.0 Å². The van der Waals surface area contributed by atoms with Crippen molar-refractivity contribution in [3.05, 3.63) is 12.7 Å². The fourth-order valence-corrected chi connectivity index (χ4v) is 12.1. The van der Waals surface area contributed by atoms with Crippen molar-refractivity contribution < 1.29 is 74.3 Å². The van der Waals surface area contributed by atoms with Crippen LogP contribution in [0.3, 0.4) is 0 Å². The maximum Gasteiger partial charge on any atom is 0.443 e. The third-order valence-corrected chi connectivity index (χ3v) is 15.2. The normalized spacial score (nSPS) is 53.2. The molecule has 8 saturated heterocycles. The minimum absolute atomic E-state index is 0.00116. The average Bonchev–Trinajstić information content (AvgIpc) is 3.46. The van der Waals surface area contributed by atoms with Crippen molar-refractivity contribution in [1.82, 2.24) is 5.32 Å². The number of rotatable bonds is 9. The molecule has 0 unspecified atom stereocenters. The first-order valence-electron chi connectivity index (χ1n) is 19.9. The molecule has 8 aliphatic heterocycles. The zero-order chi connectivity index (χ0) is 39.7. The Morgan fingerprint density at radius 3 is 1.85 bits per heavy atom. The number of hydrogen-bond acceptors (Lipinski definition) is 11. The van der Waals surface area contributed by atoms with Crippen molar-refractivity contribution in [3.63, 3.8) is 0 Å². The molecule has 0 aromatic carbocycles. The molecule has 16 atom stereocenters. The Morgan fingerprint density at radius 1 is 0.655 bits per heavy atom. The summed E-state index contributed by atoms with van der Waals surface area (Å²) in [4.78, 5) is 23.7. The van der Waals surface area contributed by atoms with Crippen LogP contribution in [0.15, 0.2) is 12.7 Å². The summed E-state index contributed by atoms with van der Waals surface area (Å²) in [5.74, 6) is -12.6. The van der Waals surface area contributed by atoms with E-state index >= 15 is 26.3 Å². The van der Waals surface area contributed by atoms with Crippen molar-refractivity contribution in [2.24, 2.45) is 46.8 Å². The zero-order valence-electron chi connectivity index (χ0n) is 32.3. The van der Waals surface area contributed by atoms with Gasteiger partial charge in [0.05, 0.1) is 13.2 Å². The molecule has 0 radical (unpaired) electrons. The van der Waals surface area contributed by atoms with Gasteiger partial charge in [-0.2, -0.15) is 26.3 Å². The third-order valence-electron chi connectivity index (χ3n) is 15.2. The van der Waals surface area contributed by atoms with E-state index in [9.17, 15) is 0 Å². The summed E-state index contributed by atoms with van der Waals surface area (Å²) in [5, 5.41) is 2.88. The number of hydrogen-bond donors (Lipinski definition) is 1. The Labute approximate surface area is 317 Å². The minimum Gasteiger partial charge on any atom is -0.341 e. The van der Waals surface area contributed by atoms with Crippen molar-refractivity contribution >= 4 is 0 Å². The van der Waals surface area contributed by atoms with Gasteiger partial charge < -0.3 is 33.7 Å². The van der Waals surface area contributed by atoms with E-state index in [-0.39, 0.29) is 30.8 Å². The molecule has 2 spiro atoms. The van der Waals surface area contributed by atoms with E-state index in [1.54, 1.807) is 19.9 Å². The number of alkyl halides is 6. The largest absolute Gasteiger partial charge is 0.443 e. The van der Waals surface area contributed by atoms with Crippen LogP contribution in [0.4, 0.5) is 26.3 Å². The van der Waals surface area contributed by atoms with Gasteiger partial charge in [-0.25, -0.2) is 19.6 Å². The molecule has 2 saturated carbocycles. The second kappa shape index (κ2) is 13.2. The molecule has 4 bridgehead atoms. The molecule has 314 valence electrons. The number of fused-ring (bicyclic) bond motifs is 4. The Bertz CT molecular complexity index is 1490. The van der Waals surface area contributed by atoms with E-state index < -0.39 is 102 Å². The summed E-state index contributed by atoms with van der Waals surface area (Å²) < 4.78 is 127. The number of ether oxygens (including phenoxy) is 6. The van der Waals surface area contributed by atoms with Crippen LogP contribution in [0.25, 0.3) is 0 Å². The van der Waals surface area contributed by atoms with Crippen LogP contribution in [-0.2, 0) is 48.0 Å². The Morgan fingerprint density at radius 2 is 1.22 bits per heavy atom. The summed E-state index contributed by atoms with van der Waals surface area (Å²) in [6.07, 6.45) is -6.94. The molecule has 8 heterocycles. The second-order valence-corrected chi connectivity index (χ2v) is 17.9. The molecule has 11 nitrogen and oxygen atoms in total. The summed E-state index contributed by atoms with van der Waals surface area (Å²) >= 11 is 0. The maximum absolute atomic E-state index is 15.3. The standard InChI is InChI=1S/C38H55F6NO10/c1-8-32-16-15-31(7)49-29-34(32,55-53-31)27(12-10-22(32)3)24(5)36(51-29,38(42,43)44)47-20-18-45-17-19-46-35(37(39,40)41)23(4)26-11-9-21(2)25-13-14-30(6)48-28(50-35)33(25,26)54-52-30/h8,21-29,45H,1,9-20H2,2-7H3/t21-,22-,23-,24-,25+,26+,27+,28+,29+,30-,31-,32+,33-,34-,35-,36-/m1/s1. The molecule has 55 heavy (non-hydrogen) atoms. The molecular weight excluding hydrogens is 744 g/mol. The molecule has 10 fully saturated rings. The maximum atomic E-state index is 15.3. The zero-order valence-corrected chi connectivity index (χ0v) is 32.3. The van der Waals surface area contributed by atoms with Crippen LogP contribution >= 0.6 is 0 Å². The number of nitrogens with one attached hydrogen (secondary N) is 1. The first-order chi connectivity index (χ1) is 25.7. The highest BCUT2D eigenvalue weighted by Crippen LogP contribution is 2.70. The van der Waals surface area contributed by atoms with Crippen LogP contribution in [0.5, 0.6) is 0 Å². The lowest BCUT2D eigenvalue weighted by molar-refractivity contribution is -0.603. The lowest BCUT2D eigenvalue weighted by Gasteiger charge is -2.66. The van der Waals surface area contributed by atoms with Crippen molar-refractivity contribution in [2.45, 2.75) is 152 Å². The fraction of sp³-hybridized carbons (Fsp3) is 0.947. The van der Waals surface area contributed by atoms with Crippen LogP contribution in [0.1, 0.15) is 92.9 Å². The predicted molar refractivity (Wildman–Crippen MR) is 178 cm³/mol. The van der Waals surface area contributed by atoms with E-state index in [1.807, 2.05) is 6.92 Å². The van der Waals surface area contributed by atoms with Crippen molar-refractivity contribution in [2.75, 3.05) is 26.3 Å². The average molecular weight is 800 g/mol.